The maximum atomic E-state index is 11.5. The van der Waals surface area contributed by atoms with Gasteiger partial charge in [0.25, 0.3) is 0 Å². The molecule has 0 N–H and O–H groups in total. The number of carbonyl (C=O) groups is 1. The monoisotopic (exact) mass is 332 g/mol. The summed E-state index contributed by atoms with van der Waals surface area (Å²) in [6.07, 6.45) is 0.506. The fraction of sp³-hybridized carbons (Fsp3) is 0.250. The first-order chi connectivity index (χ1) is 12.1. The number of para-hydroxylation sites is 3. The molecule has 0 spiro atoms. The van der Waals surface area contributed by atoms with Gasteiger partial charge in [-0.15, -0.1) is 0 Å². The molecule has 0 aliphatic carbocycles. The van der Waals surface area contributed by atoms with Gasteiger partial charge in [-0.1, -0.05) is 30.3 Å². The second-order valence-corrected chi connectivity index (χ2v) is 6.38. The van der Waals surface area contributed by atoms with Crippen LogP contribution in [0.2, 0.25) is 0 Å². The maximum absolute atomic E-state index is 11.5. The van der Waals surface area contributed by atoms with Crippen molar-refractivity contribution >= 4 is 27.7 Å². The van der Waals surface area contributed by atoms with Crippen LogP contribution in [-0.4, -0.2) is 25.1 Å². The summed E-state index contributed by atoms with van der Waals surface area (Å²) in [6, 6.07) is 16.3. The van der Waals surface area contributed by atoms with Gasteiger partial charge in [0, 0.05) is 18.4 Å². The van der Waals surface area contributed by atoms with Crippen molar-refractivity contribution in [1.29, 1.82) is 0 Å². The zero-order chi connectivity index (χ0) is 17.4. The maximum Gasteiger partial charge on any atom is 0.131 e. The van der Waals surface area contributed by atoms with E-state index in [1.54, 1.807) is 6.92 Å². The number of aromatic nitrogens is 4. The molecule has 0 unspecified atom stereocenters. The smallest absolute Gasteiger partial charge is 0.131 e. The number of nitrogens with zero attached hydrogens (tertiary/aromatic N) is 4. The molecule has 0 amide bonds. The number of Topliss-reactive ketones (excluding diaryl/α,β-unsaturated/α-hetero) is 1. The number of aryl methyl sites for hydroxylation is 2. The summed E-state index contributed by atoms with van der Waals surface area (Å²) in [5.41, 5.74) is 4.13. The number of hydrogen-bond acceptors (Lipinski definition) is 3. The molecule has 2 aromatic heterocycles. The van der Waals surface area contributed by atoms with Crippen molar-refractivity contribution in [2.45, 2.75) is 33.4 Å². The Morgan fingerprint density at radius 2 is 1.76 bits per heavy atom. The Morgan fingerprint density at radius 1 is 1.04 bits per heavy atom. The van der Waals surface area contributed by atoms with Crippen LogP contribution >= 0.6 is 0 Å². The highest BCUT2D eigenvalue weighted by molar-refractivity contribution is 5.82. The first-order valence-corrected chi connectivity index (χ1v) is 8.49. The van der Waals surface area contributed by atoms with Crippen molar-refractivity contribution < 1.29 is 4.79 Å². The van der Waals surface area contributed by atoms with E-state index in [0.717, 1.165) is 33.5 Å². The van der Waals surface area contributed by atoms with Crippen LogP contribution in [0, 0.1) is 6.92 Å². The van der Waals surface area contributed by atoms with Crippen molar-refractivity contribution in [3.8, 4) is 0 Å². The Labute approximate surface area is 145 Å². The molecule has 126 valence electrons. The SMILES string of the molecule is CC(=O)CCn1c(Cn2nc(C)c3ccccc32)nc2ccccc21. The second-order valence-electron chi connectivity index (χ2n) is 6.38. The standard InChI is InChI=1S/C20H20N4O/c1-14(25)11-12-23-19-10-6-4-8-17(19)21-20(23)13-24-18-9-5-3-7-16(18)15(2)22-24/h3-10H,11-13H2,1-2H3. The van der Waals surface area contributed by atoms with Crippen LogP contribution in [0.5, 0.6) is 0 Å². The Hall–Kier alpha value is -2.95. The summed E-state index contributed by atoms with van der Waals surface area (Å²) < 4.78 is 4.14. The lowest BCUT2D eigenvalue weighted by molar-refractivity contribution is -0.117. The summed E-state index contributed by atoms with van der Waals surface area (Å²) >= 11 is 0. The van der Waals surface area contributed by atoms with E-state index in [9.17, 15) is 4.79 Å². The number of ketones is 1. The normalized spacial score (nSPS) is 11.4. The molecule has 0 atom stereocenters. The van der Waals surface area contributed by atoms with Crippen molar-refractivity contribution in [3.05, 3.63) is 60.0 Å². The zero-order valence-corrected chi connectivity index (χ0v) is 14.4. The van der Waals surface area contributed by atoms with Gasteiger partial charge in [-0.05, 0) is 32.0 Å². The lowest BCUT2D eigenvalue weighted by Gasteiger charge is -2.09. The Kier molecular flexibility index (Phi) is 3.84. The molecule has 0 saturated heterocycles. The first-order valence-electron chi connectivity index (χ1n) is 8.49. The highest BCUT2D eigenvalue weighted by Crippen LogP contribution is 2.21. The minimum atomic E-state index is 0.184. The van der Waals surface area contributed by atoms with Crippen LogP contribution in [0.25, 0.3) is 21.9 Å². The Bertz CT molecular complexity index is 1070. The topological polar surface area (TPSA) is 52.7 Å². The largest absolute Gasteiger partial charge is 0.326 e. The lowest BCUT2D eigenvalue weighted by atomic mass is 10.2. The van der Waals surface area contributed by atoms with Crippen LogP contribution in [0.4, 0.5) is 0 Å². The fourth-order valence-electron chi connectivity index (χ4n) is 3.31. The molecule has 5 nitrogen and oxygen atoms in total. The van der Waals surface area contributed by atoms with E-state index in [4.69, 9.17) is 4.98 Å². The molecule has 2 heterocycles. The van der Waals surface area contributed by atoms with Crippen LogP contribution in [0.1, 0.15) is 24.9 Å². The van der Waals surface area contributed by atoms with Gasteiger partial charge in [0.15, 0.2) is 0 Å². The average molecular weight is 332 g/mol. The van der Waals surface area contributed by atoms with E-state index in [0.29, 0.717) is 19.5 Å². The van der Waals surface area contributed by atoms with E-state index in [2.05, 4.69) is 27.9 Å². The van der Waals surface area contributed by atoms with Crippen LogP contribution in [0.3, 0.4) is 0 Å². The minimum absolute atomic E-state index is 0.184. The fourth-order valence-corrected chi connectivity index (χ4v) is 3.31. The average Bonchev–Trinajstić information content (AvgIpc) is 3.11. The van der Waals surface area contributed by atoms with E-state index in [1.165, 1.54) is 0 Å². The van der Waals surface area contributed by atoms with Gasteiger partial charge < -0.3 is 4.57 Å². The molecular weight excluding hydrogens is 312 g/mol. The summed E-state index contributed by atoms with van der Waals surface area (Å²) in [5.74, 6) is 1.11. The van der Waals surface area contributed by atoms with Gasteiger partial charge in [-0.25, -0.2) is 4.98 Å². The third kappa shape index (κ3) is 2.82. The van der Waals surface area contributed by atoms with Gasteiger partial charge in [0.05, 0.1) is 28.8 Å². The van der Waals surface area contributed by atoms with Gasteiger partial charge in [-0.3, -0.25) is 9.48 Å². The predicted octanol–water partition coefficient (Wildman–Crippen LogP) is 3.72. The molecule has 5 heteroatoms. The van der Waals surface area contributed by atoms with E-state index < -0.39 is 0 Å². The zero-order valence-electron chi connectivity index (χ0n) is 14.4. The quantitative estimate of drug-likeness (QED) is 0.560. The molecular formula is C20H20N4O. The highest BCUT2D eigenvalue weighted by Gasteiger charge is 2.14. The third-order valence-electron chi connectivity index (χ3n) is 4.55. The minimum Gasteiger partial charge on any atom is -0.326 e. The number of carbonyl (C=O) groups excluding carboxylic acids is 1. The number of hydrogen-bond donors (Lipinski definition) is 0. The molecule has 2 aromatic carbocycles. The molecule has 4 aromatic rings. The van der Waals surface area contributed by atoms with Crippen molar-refractivity contribution in [2.75, 3.05) is 0 Å². The van der Waals surface area contributed by atoms with Crippen LogP contribution < -0.4 is 0 Å². The van der Waals surface area contributed by atoms with E-state index >= 15 is 0 Å². The van der Waals surface area contributed by atoms with Crippen LogP contribution in [-0.2, 0) is 17.9 Å². The van der Waals surface area contributed by atoms with Crippen molar-refractivity contribution in [2.24, 2.45) is 0 Å². The van der Waals surface area contributed by atoms with Gasteiger partial charge in [0.2, 0.25) is 0 Å². The molecule has 0 aliphatic rings. The Morgan fingerprint density at radius 3 is 2.56 bits per heavy atom. The van der Waals surface area contributed by atoms with Crippen molar-refractivity contribution in [3.63, 3.8) is 0 Å². The van der Waals surface area contributed by atoms with E-state index in [-0.39, 0.29) is 5.78 Å². The molecule has 0 saturated carbocycles. The molecule has 0 fully saturated rings. The molecule has 0 bridgehead atoms. The number of benzene rings is 2. The van der Waals surface area contributed by atoms with Gasteiger partial charge >= 0.3 is 0 Å². The summed E-state index contributed by atoms with van der Waals surface area (Å²) in [4.78, 5) is 16.3. The number of fused-ring (bicyclic) bond motifs is 2. The summed E-state index contributed by atoms with van der Waals surface area (Å²) in [5, 5.41) is 5.85. The van der Waals surface area contributed by atoms with Crippen LogP contribution in [0.15, 0.2) is 48.5 Å². The molecule has 0 radical (unpaired) electrons. The predicted molar refractivity (Wildman–Crippen MR) is 98.6 cm³/mol. The number of imidazole rings is 1. The van der Waals surface area contributed by atoms with Crippen molar-refractivity contribution in [1.82, 2.24) is 19.3 Å². The highest BCUT2D eigenvalue weighted by atomic mass is 16.1. The first kappa shape index (κ1) is 15.6. The molecule has 0 aliphatic heterocycles. The third-order valence-corrected chi connectivity index (χ3v) is 4.55. The Balaban J connectivity index is 1.80. The second kappa shape index (κ2) is 6.16. The summed E-state index contributed by atoms with van der Waals surface area (Å²) in [6.45, 7) is 4.88. The number of rotatable bonds is 5. The molecule has 4 rings (SSSR count). The van der Waals surface area contributed by atoms with Gasteiger partial charge in [-0.2, -0.15) is 5.10 Å². The van der Waals surface area contributed by atoms with E-state index in [1.807, 2.05) is 41.9 Å². The van der Waals surface area contributed by atoms with Gasteiger partial charge in [0.1, 0.15) is 11.6 Å². The molecule has 25 heavy (non-hydrogen) atoms. The summed E-state index contributed by atoms with van der Waals surface area (Å²) in [7, 11) is 0. The lowest BCUT2D eigenvalue weighted by Crippen LogP contribution is -2.11.